The summed E-state index contributed by atoms with van der Waals surface area (Å²) in [5.41, 5.74) is 7.37. The van der Waals surface area contributed by atoms with Crippen molar-refractivity contribution in [2.75, 3.05) is 0 Å². The van der Waals surface area contributed by atoms with Gasteiger partial charge in [-0.2, -0.15) is 0 Å². The third kappa shape index (κ3) is 9.86. The second-order valence-electron chi connectivity index (χ2n) is 9.47. The Morgan fingerprint density at radius 2 is 1.02 bits per heavy atom. The molecule has 4 aromatic rings. The molecular weight excluding hydrogens is 537 g/mol. The Morgan fingerprint density at radius 1 is 0.650 bits per heavy atom. The van der Waals surface area contributed by atoms with Crippen LogP contribution in [0, 0.1) is 10.1 Å². The first-order valence-corrected chi connectivity index (χ1v) is 14.2. The van der Waals surface area contributed by atoms with Gasteiger partial charge in [-0.1, -0.05) is 63.1 Å². The molecule has 4 rings (SSSR count). The molecular formula is C31H32BF4NO2S. The van der Waals surface area contributed by atoms with Gasteiger partial charge < -0.3 is 17.3 Å². The molecule has 0 amide bonds. The Hall–Kier alpha value is -3.59. The molecule has 0 unspecified atom stereocenters. The smallest absolute Gasteiger partial charge is 0.418 e. The largest absolute Gasteiger partial charge is 0.673 e. The van der Waals surface area contributed by atoms with E-state index in [-0.39, 0.29) is 10.6 Å². The Morgan fingerprint density at radius 3 is 1.40 bits per heavy atom. The highest BCUT2D eigenvalue weighted by atomic mass is 32.1. The zero-order valence-electron chi connectivity index (χ0n) is 22.6. The van der Waals surface area contributed by atoms with E-state index >= 15 is 0 Å². The van der Waals surface area contributed by atoms with Crippen LogP contribution in [0.4, 0.5) is 23.0 Å². The first-order chi connectivity index (χ1) is 19.1. The Kier molecular flexibility index (Phi) is 11.4. The number of benzene rings is 3. The summed E-state index contributed by atoms with van der Waals surface area (Å²) in [6.07, 6.45) is 7.02. The number of hydrogen-bond acceptors (Lipinski definition) is 2. The van der Waals surface area contributed by atoms with Crippen molar-refractivity contribution in [1.82, 2.24) is 0 Å². The molecule has 9 heteroatoms. The van der Waals surface area contributed by atoms with Crippen molar-refractivity contribution in [2.24, 2.45) is 0 Å². The van der Waals surface area contributed by atoms with E-state index in [2.05, 4.69) is 74.5 Å². The van der Waals surface area contributed by atoms with Crippen molar-refractivity contribution >= 4 is 24.3 Å². The lowest BCUT2D eigenvalue weighted by Gasteiger charge is -2.06. The minimum Gasteiger partial charge on any atom is -0.418 e. The number of rotatable bonds is 10. The van der Waals surface area contributed by atoms with Gasteiger partial charge in [0.15, 0.2) is 0 Å². The van der Waals surface area contributed by atoms with Gasteiger partial charge in [-0.05, 0) is 72.2 Å². The van der Waals surface area contributed by atoms with E-state index in [4.69, 9.17) is 0 Å². The van der Waals surface area contributed by atoms with Crippen molar-refractivity contribution in [2.45, 2.75) is 52.4 Å². The molecule has 210 valence electrons. The molecule has 1 aromatic heterocycles. The number of nitro benzene ring substituents is 1. The van der Waals surface area contributed by atoms with Gasteiger partial charge in [0.05, 0.1) is 4.92 Å². The topological polar surface area (TPSA) is 43.1 Å². The van der Waals surface area contributed by atoms with Crippen molar-refractivity contribution < 1.29 is 22.2 Å². The summed E-state index contributed by atoms with van der Waals surface area (Å²) in [5, 5.41) is 11.1. The van der Waals surface area contributed by atoms with Gasteiger partial charge in [-0.25, -0.2) is 0 Å². The van der Waals surface area contributed by atoms with E-state index in [1.54, 1.807) is 23.5 Å². The zero-order valence-corrected chi connectivity index (χ0v) is 23.4. The molecule has 0 saturated carbocycles. The van der Waals surface area contributed by atoms with Crippen LogP contribution >= 0.6 is 11.3 Å². The summed E-state index contributed by atoms with van der Waals surface area (Å²) >= 11 is 1.72. The minimum atomic E-state index is -6.00. The molecule has 0 fully saturated rings. The third-order valence-electron chi connectivity index (χ3n) is 6.32. The van der Waals surface area contributed by atoms with Gasteiger partial charge in [-0.15, -0.1) is 0 Å². The molecule has 0 aliphatic heterocycles. The SMILES string of the molecule is CCCCc1ccc(-c2cc(-c3ccc(CCCC)cc3)[s+]c(-c3ccc([N+](=O)[O-])cc3)c2)cc1.F[B-](F)(F)F. The summed E-state index contributed by atoms with van der Waals surface area (Å²) in [4.78, 5) is 13.1. The molecule has 0 aliphatic rings. The number of unbranched alkanes of at least 4 members (excludes halogenated alkanes) is 2. The predicted molar refractivity (Wildman–Crippen MR) is 159 cm³/mol. The van der Waals surface area contributed by atoms with Gasteiger partial charge in [0, 0.05) is 35.4 Å². The van der Waals surface area contributed by atoms with Crippen molar-refractivity contribution in [3.63, 3.8) is 0 Å². The van der Waals surface area contributed by atoms with Gasteiger partial charge >= 0.3 is 7.25 Å². The fraction of sp³-hybridized carbons (Fsp3) is 0.258. The summed E-state index contributed by atoms with van der Waals surface area (Å²) in [7, 11) is -6.00. The van der Waals surface area contributed by atoms with E-state index in [0.29, 0.717) is 0 Å². The van der Waals surface area contributed by atoms with Crippen LogP contribution in [0.1, 0.15) is 50.7 Å². The maximum Gasteiger partial charge on any atom is 0.673 e. The maximum atomic E-state index is 11.1. The van der Waals surface area contributed by atoms with E-state index in [1.807, 2.05) is 12.1 Å². The van der Waals surface area contributed by atoms with E-state index < -0.39 is 7.25 Å². The van der Waals surface area contributed by atoms with Gasteiger partial charge in [0.1, 0.15) is 0 Å². The summed E-state index contributed by atoms with van der Waals surface area (Å²) < 4.78 is 39.0. The second kappa shape index (κ2) is 14.7. The Balaban J connectivity index is 0.000000810. The molecule has 0 spiro atoms. The van der Waals surface area contributed by atoms with Crippen molar-refractivity contribution in [3.8, 4) is 32.0 Å². The molecule has 0 atom stereocenters. The number of nitrogens with zero attached hydrogens (tertiary/aromatic N) is 1. The first kappa shape index (κ1) is 30.9. The highest BCUT2D eigenvalue weighted by Gasteiger charge is 2.21. The van der Waals surface area contributed by atoms with Crippen molar-refractivity contribution in [3.05, 3.63) is 106 Å². The maximum absolute atomic E-state index is 11.1. The average Bonchev–Trinajstić information content (AvgIpc) is 2.94. The lowest BCUT2D eigenvalue weighted by Crippen LogP contribution is -2.02. The minimum absolute atomic E-state index is 0.112. The van der Waals surface area contributed by atoms with Crippen molar-refractivity contribution in [1.29, 1.82) is 0 Å². The summed E-state index contributed by atoms with van der Waals surface area (Å²) in [6, 6.07) is 29.1. The monoisotopic (exact) mass is 569 g/mol. The molecule has 0 bridgehead atoms. The fourth-order valence-electron chi connectivity index (χ4n) is 4.16. The molecule has 0 N–H and O–H groups in total. The van der Waals surface area contributed by atoms with E-state index in [0.717, 1.165) is 28.8 Å². The third-order valence-corrected chi connectivity index (χ3v) is 7.47. The standard InChI is InChI=1S/C31H32NO2S.BF4/c1-3-5-7-23-9-13-25(14-10-23)28-21-30(26-15-11-24(12-16-26)8-6-4-2)35-31(22-28)27-17-19-29(20-18-27)32(33)34;2-1(3,4)5/h9-22H,3-8H2,1-2H3;/q+1;-1. The Labute approximate surface area is 236 Å². The lowest BCUT2D eigenvalue weighted by atomic mass is 10.00. The second-order valence-corrected chi connectivity index (χ2v) is 10.6. The number of non-ortho nitro benzene ring substituents is 1. The highest BCUT2D eigenvalue weighted by molar-refractivity contribution is 7.18. The van der Waals surface area contributed by atoms with E-state index in [9.17, 15) is 27.4 Å². The lowest BCUT2D eigenvalue weighted by molar-refractivity contribution is -0.384. The molecule has 0 saturated heterocycles. The normalized spacial score (nSPS) is 11.1. The molecule has 40 heavy (non-hydrogen) atoms. The van der Waals surface area contributed by atoms with Gasteiger partial charge in [-0.3, -0.25) is 10.1 Å². The average molecular weight is 569 g/mol. The van der Waals surface area contributed by atoms with Crippen LogP contribution in [0.3, 0.4) is 0 Å². The number of halogens is 4. The van der Waals surface area contributed by atoms with Crippen LogP contribution in [-0.2, 0) is 12.8 Å². The highest BCUT2D eigenvalue weighted by Crippen LogP contribution is 2.38. The Bertz CT molecular complexity index is 1300. The first-order valence-electron chi connectivity index (χ1n) is 13.4. The van der Waals surface area contributed by atoms with Crippen LogP contribution in [0.25, 0.3) is 32.0 Å². The quantitative estimate of drug-likeness (QED) is 0.0627. The molecule has 3 nitrogen and oxygen atoms in total. The van der Waals surface area contributed by atoms with Crippen LogP contribution in [0.5, 0.6) is 0 Å². The summed E-state index contributed by atoms with van der Waals surface area (Å²) in [6.45, 7) is 4.44. The van der Waals surface area contributed by atoms with E-state index in [1.165, 1.54) is 52.8 Å². The van der Waals surface area contributed by atoms with Crippen LogP contribution < -0.4 is 0 Å². The number of aryl methyl sites for hydroxylation is 2. The van der Waals surface area contributed by atoms with Gasteiger partial charge in [0.2, 0.25) is 21.1 Å². The van der Waals surface area contributed by atoms with Gasteiger partial charge in [0.25, 0.3) is 5.69 Å². The van der Waals surface area contributed by atoms with Crippen LogP contribution in [-0.4, -0.2) is 12.2 Å². The summed E-state index contributed by atoms with van der Waals surface area (Å²) in [5.74, 6) is 0. The fourth-order valence-corrected chi connectivity index (χ4v) is 5.28. The zero-order chi connectivity index (χ0) is 29.1. The number of nitro groups is 1. The molecule has 3 aromatic carbocycles. The number of hydrogen-bond donors (Lipinski definition) is 0. The predicted octanol–water partition coefficient (Wildman–Crippen LogP) is 10.9. The molecule has 0 radical (unpaired) electrons. The molecule has 0 aliphatic carbocycles. The molecule has 1 heterocycles. The van der Waals surface area contributed by atoms with Crippen LogP contribution in [0.2, 0.25) is 0 Å². The van der Waals surface area contributed by atoms with Crippen LogP contribution in [0.15, 0.2) is 84.9 Å².